The molecule has 1 aromatic carbocycles. The van der Waals surface area contributed by atoms with E-state index in [2.05, 4.69) is 11.2 Å². The first-order chi connectivity index (χ1) is 8.79. The Morgan fingerprint density at radius 3 is 2.83 bits per heavy atom. The maximum atomic E-state index is 8.96. The Morgan fingerprint density at radius 2 is 2.11 bits per heavy atom. The van der Waals surface area contributed by atoms with E-state index >= 15 is 0 Å². The van der Waals surface area contributed by atoms with E-state index in [1.165, 1.54) is 6.26 Å². The molecule has 0 aliphatic carbocycles. The van der Waals surface area contributed by atoms with Gasteiger partial charge in [0, 0.05) is 24.6 Å². The number of aromatic nitrogens is 2. The molecule has 0 radical (unpaired) electrons. The highest BCUT2D eigenvalue weighted by atomic mass is 16.5. The quantitative estimate of drug-likeness (QED) is 0.765. The molecule has 1 aliphatic rings. The van der Waals surface area contributed by atoms with Gasteiger partial charge in [-0.1, -0.05) is 30.3 Å². The number of fused-ring (bicyclic) bond motifs is 1. The molecule has 2 aromatic rings. The summed E-state index contributed by atoms with van der Waals surface area (Å²) < 4.78 is 7.19. The van der Waals surface area contributed by atoms with Gasteiger partial charge < -0.3 is 4.74 Å². The van der Waals surface area contributed by atoms with Gasteiger partial charge in [-0.2, -0.15) is 10.4 Å². The van der Waals surface area contributed by atoms with E-state index in [-0.39, 0.29) is 0 Å². The molecule has 0 fully saturated rings. The Hall–Kier alpha value is -2.54. The van der Waals surface area contributed by atoms with E-state index in [4.69, 9.17) is 10.00 Å². The van der Waals surface area contributed by atoms with E-state index in [1.807, 2.05) is 37.4 Å². The molecule has 0 unspecified atom stereocenters. The molecule has 0 amide bonds. The first kappa shape index (κ1) is 10.6. The van der Waals surface area contributed by atoms with Crippen molar-refractivity contribution in [2.24, 2.45) is 7.05 Å². The summed E-state index contributed by atoms with van der Waals surface area (Å²) in [6.45, 7) is 0. The lowest BCUT2D eigenvalue weighted by Gasteiger charge is -2.10. The molecule has 1 aliphatic heterocycles. The highest BCUT2D eigenvalue weighted by molar-refractivity contribution is 5.67. The number of benzene rings is 1. The molecule has 0 saturated carbocycles. The van der Waals surface area contributed by atoms with Crippen molar-refractivity contribution in [2.45, 2.75) is 6.42 Å². The monoisotopic (exact) mass is 237 g/mol. The summed E-state index contributed by atoms with van der Waals surface area (Å²) in [5.41, 5.74) is 3.52. The second-order valence-corrected chi connectivity index (χ2v) is 4.17. The molecule has 0 saturated heterocycles. The van der Waals surface area contributed by atoms with Crippen LogP contribution in [0.3, 0.4) is 0 Å². The van der Waals surface area contributed by atoms with Crippen LogP contribution in [-0.2, 0) is 13.5 Å². The van der Waals surface area contributed by atoms with Crippen LogP contribution in [0.2, 0.25) is 0 Å². The highest BCUT2D eigenvalue weighted by Crippen LogP contribution is 2.34. The van der Waals surface area contributed by atoms with E-state index in [1.54, 1.807) is 4.68 Å². The largest absolute Gasteiger partial charge is 0.446 e. The minimum atomic E-state index is 0.573. The summed E-state index contributed by atoms with van der Waals surface area (Å²) in [6, 6.07) is 12.1. The van der Waals surface area contributed by atoms with Crippen LogP contribution in [-0.4, -0.2) is 9.78 Å². The Labute approximate surface area is 105 Å². The van der Waals surface area contributed by atoms with Crippen molar-refractivity contribution in [2.75, 3.05) is 0 Å². The summed E-state index contributed by atoms with van der Waals surface area (Å²) >= 11 is 0. The fourth-order valence-electron chi connectivity index (χ4n) is 2.11. The molecule has 2 heterocycles. The third-order valence-corrected chi connectivity index (χ3v) is 2.96. The Kier molecular flexibility index (Phi) is 2.38. The average molecular weight is 237 g/mol. The first-order valence-corrected chi connectivity index (χ1v) is 5.66. The van der Waals surface area contributed by atoms with E-state index < -0.39 is 0 Å². The standard InChI is InChI=1S/C14H11N3O/c1-17-14-12(7-10(8-15)9-18-14)13(16-17)11-5-3-2-4-6-11/h2-6,9H,7H2,1H3. The molecular weight excluding hydrogens is 226 g/mol. The van der Waals surface area contributed by atoms with Crippen molar-refractivity contribution in [3.63, 3.8) is 0 Å². The van der Waals surface area contributed by atoms with Gasteiger partial charge in [0.05, 0.1) is 17.3 Å². The molecule has 4 nitrogen and oxygen atoms in total. The van der Waals surface area contributed by atoms with Crippen molar-refractivity contribution in [3.05, 3.63) is 47.7 Å². The zero-order chi connectivity index (χ0) is 12.5. The molecule has 0 spiro atoms. The number of rotatable bonds is 1. The third-order valence-electron chi connectivity index (χ3n) is 2.96. The molecular formula is C14H11N3O. The molecule has 88 valence electrons. The number of ether oxygens (including phenoxy) is 1. The SMILES string of the molecule is Cn1nc(-c2ccccc2)c2c1OC=C(C#N)C2. The first-order valence-electron chi connectivity index (χ1n) is 5.66. The van der Waals surface area contributed by atoms with Crippen LogP contribution < -0.4 is 4.74 Å². The van der Waals surface area contributed by atoms with Crippen LogP contribution in [0.5, 0.6) is 5.88 Å². The highest BCUT2D eigenvalue weighted by Gasteiger charge is 2.22. The van der Waals surface area contributed by atoms with Crippen molar-refractivity contribution >= 4 is 0 Å². The molecule has 0 bridgehead atoms. The number of hydrogen-bond acceptors (Lipinski definition) is 3. The van der Waals surface area contributed by atoms with E-state index in [9.17, 15) is 0 Å². The number of hydrogen-bond donors (Lipinski definition) is 0. The summed E-state index contributed by atoms with van der Waals surface area (Å²) in [7, 11) is 1.84. The smallest absolute Gasteiger partial charge is 0.220 e. The third kappa shape index (κ3) is 1.57. The zero-order valence-electron chi connectivity index (χ0n) is 9.92. The van der Waals surface area contributed by atoms with Gasteiger partial charge in [0.1, 0.15) is 6.26 Å². The lowest BCUT2D eigenvalue weighted by atomic mass is 10.0. The van der Waals surface area contributed by atoms with Gasteiger partial charge in [0.25, 0.3) is 0 Å². The number of nitrogens with zero attached hydrogens (tertiary/aromatic N) is 3. The second kappa shape index (κ2) is 4.04. The van der Waals surface area contributed by atoms with Gasteiger partial charge in [0.15, 0.2) is 0 Å². The zero-order valence-corrected chi connectivity index (χ0v) is 9.92. The van der Waals surface area contributed by atoms with Gasteiger partial charge >= 0.3 is 0 Å². The fourth-order valence-corrected chi connectivity index (χ4v) is 2.11. The second-order valence-electron chi connectivity index (χ2n) is 4.17. The van der Waals surface area contributed by atoms with Crippen LogP contribution in [0.15, 0.2) is 42.2 Å². The summed E-state index contributed by atoms with van der Waals surface area (Å²) in [4.78, 5) is 0. The Bertz CT molecular complexity index is 662. The van der Waals surface area contributed by atoms with E-state index in [0.29, 0.717) is 17.9 Å². The summed E-state index contributed by atoms with van der Waals surface area (Å²) in [5, 5.41) is 13.4. The fraction of sp³-hybridized carbons (Fsp3) is 0.143. The van der Waals surface area contributed by atoms with Gasteiger partial charge in [-0.05, 0) is 0 Å². The lowest BCUT2D eigenvalue weighted by molar-refractivity contribution is 0.413. The van der Waals surface area contributed by atoms with Gasteiger partial charge in [-0.3, -0.25) is 0 Å². The topological polar surface area (TPSA) is 50.8 Å². The lowest BCUT2D eigenvalue weighted by Crippen LogP contribution is -2.03. The Morgan fingerprint density at radius 1 is 1.33 bits per heavy atom. The van der Waals surface area contributed by atoms with Crippen LogP contribution in [0.1, 0.15) is 5.56 Å². The van der Waals surface area contributed by atoms with Gasteiger partial charge in [0.2, 0.25) is 5.88 Å². The predicted octanol–water partition coefficient (Wildman–Crippen LogP) is 2.43. The molecule has 18 heavy (non-hydrogen) atoms. The van der Waals surface area contributed by atoms with Crippen molar-refractivity contribution in [3.8, 4) is 23.2 Å². The number of allylic oxidation sites excluding steroid dienone is 1. The summed E-state index contributed by atoms with van der Waals surface area (Å²) in [6.07, 6.45) is 2.07. The minimum absolute atomic E-state index is 0.573. The van der Waals surface area contributed by atoms with Crippen LogP contribution in [0.4, 0.5) is 0 Å². The van der Waals surface area contributed by atoms with Crippen LogP contribution in [0.25, 0.3) is 11.3 Å². The molecule has 1 aromatic heterocycles. The maximum absolute atomic E-state index is 8.96. The number of nitriles is 1. The molecule has 3 rings (SSSR count). The van der Waals surface area contributed by atoms with Crippen LogP contribution in [0, 0.1) is 11.3 Å². The van der Waals surface area contributed by atoms with Crippen molar-refractivity contribution < 1.29 is 4.74 Å². The van der Waals surface area contributed by atoms with Gasteiger partial charge in [-0.25, -0.2) is 4.68 Å². The van der Waals surface area contributed by atoms with Crippen molar-refractivity contribution in [1.82, 2.24) is 9.78 Å². The average Bonchev–Trinajstić information content (AvgIpc) is 2.76. The van der Waals surface area contributed by atoms with Crippen molar-refractivity contribution in [1.29, 1.82) is 5.26 Å². The Balaban J connectivity index is 2.13. The predicted molar refractivity (Wildman–Crippen MR) is 66.7 cm³/mol. The van der Waals surface area contributed by atoms with Gasteiger partial charge in [-0.15, -0.1) is 0 Å². The minimum Gasteiger partial charge on any atom is -0.446 e. The molecule has 4 heteroatoms. The maximum Gasteiger partial charge on any atom is 0.220 e. The summed E-state index contributed by atoms with van der Waals surface area (Å²) in [5.74, 6) is 0.716. The molecule has 0 atom stereocenters. The molecule has 0 N–H and O–H groups in total. The van der Waals surface area contributed by atoms with Crippen LogP contribution >= 0.6 is 0 Å². The van der Waals surface area contributed by atoms with E-state index in [0.717, 1.165) is 16.8 Å². The number of aryl methyl sites for hydroxylation is 1. The normalized spacial score (nSPS) is 13.2.